The van der Waals surface area contributed by atoms with Gasteiger partial charge < -0.3 is 4.52 Å². The normalized spacial score (nSPS) is 11.7. The summed E-state index contributed by atoms with van der Waals surface area (Å²) in [5, 5.41) is 8.61. The summed E-state index contributed by atoms with van der Waals surface area (Å²) in [6.45, 7) is 0. The van der Waals surface area contributed by atoms with E-state index in [4.69, 9.17) is 21.6 Å². The predicted octanol–water partition coefficient (Wildman–Crippen LogP) is 3.11. The number of benzene rings is 1. The fraction of sp³-hybridized carbons (Fsp3) is 0.222. The summed E-state index contributed by atoms with van der Waals surface area (Å²) < 4.78 is 5.55. The maximum atomic E-state index is 8.61. The van der Waals surface area contributed by atoms with Crippen molar-refractivity contribution in [2.24, 2.45) is 0 Å². The molecular formula is C9H10NOPS3. The Hall–Kier alpha value is -0.140. The minimum absolute atomic E-state index is 0.628. The van der Waals surface area contributed by atoms with E-state index in [1.54, 1.807) is 35.6 Å². The van der Waals surface area contributed by atoms with Crippen molar-refractivity contribution in [2.75, 3.05) is 11.5 Å². The topological polar surface area (TPSA) is 33.0 Å². The molecule has 0 saturated carbocycles. The molecule has 1 aromatic carbocycles. The fourth-order valence-corrected chi connectivity index (χ4v) is 4.60. The molecule has 0 saturated heterocycles. The highest BCUT2D eigenvalue weighted by atomic mass is 32.9. The van der Waals surface area contributed by atoms with Crippen LogP contribution in [0.4, 0.5) is 0 Å². The molecule has 0 aliphatic carbocycles. The van der Waals surface area contributed by atoms with Crippen LogP contribution in [-0.2, 0) is 11.8 Å². The van der Waals surface area contributed by atoms with Gasteiger partial charge in [0.15, 0.2) is 6.13 Å². The zero-order valence-electron chi connectivity index (χ0n) is 7.84. The van der Waals surface area contributed by atoms with E-state index in [1.165, 1.54) is 0 Å². The van der Waals surface area contributed by atoms with Crippen molar-refractivity contribution in [3.05, 3.63) is 29.8 Å². The van der Waals surface area contributed by atoms with Gasteiger partial charge in [-0.05, 0) is 41.8 Å². The maximum Gasteiger partial charge on any atom is 0.156 e. The first-order valence-corrected chi connectivity index (χ1v) is 9.10. The van der Waals surface area contributed by atoms with Gasteiger partial charge in [-0.3, -0.25) is 0 Å². The maximum absolute atomic E-state index is 8.61. The van der Waals surface area contributed by atoms with Crippen LogP contribution in [0.3, 0.4) is 0 Å². The van der Waals surface area contributed by atoms with E-state index >= 15 is 0 Å². The third kappa shape index (κ3) is 4.94. The lowest BCUT2D eigenvalue weighted by atomic mass is 10.2. The standard InChI is InChI=1S/C9H10NOPS3/c10-7-8-1-3-9(4-2-8)11-12(14)15-6-5-13/h1-4,12-13H,5-6H2. The van der Waals surface area contributed by atoms with Gasteiger partial charge in [0.25, 0.3) is 0 Å². The Morgan fingerprint density at radius 2 is 2.13 bits per heavy atom. The smallest absolute Gasteiger partial charge is 0.156 e. The van der Waals surface area contributed by atoms with Gasteiger partial charge in [-0.15, -0.1) is 0 Å². The first-order valence-electron chi connectivity index (χ1n) is 4.22. The van der Waals surface area contributed by atoms with Crippen molar-refractivity contribution < 1.29 is 4.52 Å². The Kier molecular flexibility index (Phi) is 6.19. The average molecular weight is 275 g/mol. The zero-order valence-corrected chi connectivity index (χ0v) is 11.4. The van der Waals surface area contributed by atoms with Crippen LogP contribution in [-0.4, -0.2) is 11.5 Å². The van der Waals surface area contributed by atoms with Crippen LogP contribution < -0.4 is 4.52 Å². The van der Waals surface area contributed by atoms with E-state index in [-0.39, 0.29) is 0 Å². The number of nitrogens with zero attached hydrogens (tertiary/aromatic N) is 1. The molecule has 1 unspecified atom stereocenters. The Morgan fingerprint density at radius 1 is 1.47 bits per heavy atom. The van der Waals surface area contributed by atoms with Crippen LogP contribution in [0.2, 0.25) is 0 Å². The molecule has 0 heterocycles. The molecule has 0 radical (unpaired) electrons. The summed E-state index contributed by atoms with van der Waals surface area (Å²) in [4.78, 5) is 0. The molecule has 6 heteroatoms. The number of thiol groups is 1. The SMILES string of the molecule is N#Cc1ccc(O[PH](=S)SCCS)cc1. The number of hydrogen-bond acceptors (Lipinski definition) is 5. The molecule has 0 fully saturated rings. The van der Waals surface area contributed by atoms with Crippen molar-refractivity contribution in [3.63, 3.8) is 0 Å². The lowest BCUT2D eigenvalue weighted by molar-refractivity contribution is 0.641. The van der Waals surface area contributed by atoms with Crippen LogP contribution in [0.1, 0.15) is 5.56 Å². The van der Waals surface area contributed by atoms with Gasteiger partial charge in [-0.2, -0.15) is 17.9 Å². The second-order valence-electron chi connectivity index (χ2n) is 2.56. The molecule has 0 amide bonds. The first kappa shape index (κ1) is 12.9. The minimum Gasteiger partial charge on any atom is -0.459 e. The van der Waals surface area contributed by atoms with E-state index in [2.05, 4.69) is 18.7 Å². The predicted molar refractivity (Wildman–Crippen MR) is 73.8 cm³/mol. The quantitative estimate of drug-likeness (QED) is 0.661. The molecule has 1 rings (SSSR count). The van der Waals surface area contributed by atoms with Crippen LogP contribution in [0.5, 0.6) is 5.75 Å². The van der Waals surface area contributed by atoms with E-state index in [0.29, 0.717) is 5.56 Å². The molecule has 80 valence electrons. The summed E-state index contributed by atoms with van der Waals surface area (Å²) in [6, 6.07) is 9.05. The average Bonchev–Trinajstić information content (AvgIpc) is 2.27. The van der Waals surface area contributed by atoms with Gasteiger partial charge in [0.1, 0.15) is 5.75 Å². The largest absolute Gasteiger partial charge is 0.459 e. The molecule has 0 N–H and O–H groups in total. The van der Waals surface area contributed by atoms with Gasteiger partial charge in [0.05, 0.1) is 11.6 Å². The highest BCUT2D eigenvalue weighted by Gasteiger charge is 1.98. The molecule has 0 aliphatic rings. The van der Waals surface area contributed by atoms with Gasteiger partial charge in [0, 0.05) is 5.75 Å². The third-order valence-electron chi connectivity index (χ3n) is 1.50. The molecule has 1 aromatic rings. The Bertz CT molecular complexity index is 374. The Labute approximate surface area is 105 Å². The molecule has 0 aliphatic heterocycles. The molecule has 1 atom stereocenters. The Morgan fingerprint density at radius 3 is 2.67 bits per heavy atom. The molecule has 2 nitrogen and oxygen atoms in total. The zero-order chi connectivity index (χ0) is 11.1. The second kappa shape index (κ2) is 7.19. The van der Waals surface area contributed by atoms with Crippen molar-refractivity contribution >= 4 is 41.9 Å². The van der Waals surface area contributed by atoms with Gasteiger partial charge in [0.2, 0.25) is 0 Å². The summed E-state index contributed by atoms with van der Waals surface area (Å²) in [7, 11) is 0. The van der Waals surface area contributed by atoms with Crippen LogP contribution in [0.15, 0.2) is 24.3 Å². The van der Waals surface area contributed by atoms with Gasteiger partial charge in [-0.25, -0.2) is 0 Å². The van der Waals surface area contributed by atoms with Crippen LogP contribution in [0.25, 0.3) is 0 Å². The monoisotopic (exact) mass is 275 g/mol. The van der Waals surface area contributed by atoms with Gasteiger partial charge >= 0.3 is 0 Å². The summed E-state index contributed by atoms with van der Waals surface area (Å²) >= 11 is 10.9. The van der Waals surface area contributed by atoms with Crippen molar-refractivity contribution in [1.82, 2.24) is 0 Å². The molecular weight excluding hydrogens is 265 g/mol. The number of rotatable bonds is 5. The first-order chi connectivity index (χ1) is 7.26. The fourth-order valence-electron chi connectivity index (χ4n) is 0.852. The molecule has 0 spiro atoms. The highest BCUT2D eigenvalue weighted by molar-refractivity contribution is 8.62. The number of hydrogen-bond donors (Lipinski definition) is 1. The summed E-state index contributed by atoms with van der Waals surface area (Å²) in [5.74, 6) is 2.47. The van der Waals surface area contributed by atoms with Gasteiger partial charge in [-0.1, -0.05) is 11.4 Å². The van der Waals surface area contributed by atoms with Crippen molar-refractivity contribution in [3.8, 4) is 11.8 Å². The van der Waals surface area contributed by atoms with E-state index in [9.17, 15) is 0 Å². The van der Waals surface area contributed by atoms with Crippen molar-refractivity contribution in [2.45, 2.75) is 0 Å². The van der Waals surface area contributed by atoms with Crippen molar-refractivity contribution in [1.29, 1.82) is 5.26 Å². The third-order valence-corrected chi connectivity index (χ3v) is 5.95. The number of nitriles is 1. The second-order valence-corrected chi connectivity index (χ2v) is 8.27. The highest BCUT2D eigenvalue weighted by Crippen LogP contribution is 2.39. The van der Waals surface area contributed by atoms with Crippen LogP contribution in [0, 0.1) is 11.3 Å². The lowest BCUT2D eigenvalue weighted by Gasteiger charge is -2.07. The molecule has 0 aromatic heterocycles. The summed E-state index contributed by atoms with van der Waals surface area (Å²) in [6.07, 6.45) is -1.26. The summed E-state index contributed by atoms with van der Waals surface area (Å²) in [5.41, 5.74) is 0.628. The van der Waals surface area contributed by atoms with E-state index in [0.717, 1.165) is 17.3 Å². The Balaban J connectivity index is 2.50. The van der Waals surface area contributed by atoms with Crippen LogP contribution >= 0.6 is 30.1 Å². The molecule has 15 heavy (non-hydrogen) atoms. The molecule has 0 bridgehead atoms. The lowest BCUT2D eigenvalue weighted by Crippen LogP contribution is -1.81. The van der Waals surface area contributed by atoms with E-state index < -0.39 is 6.13 Å². The minimum atomic E-state index is -1.26. The van der Waals surface area contributed by atoms with E-state index in [1.807, 2.05) is 0 Å².